The van der Waals surface area contributed by atoms with Crippen LogP contribution in [0.4, 0.5) is 10.1 Å². The molecule has 28 heavy (non-hydrogen) atoms. The zero-order chi connectivity index (χ0) is 20.3. The first-order valence-corrected chi connectivity index (χ1v) is 10.6. The second kappa shape index (κ2) is 8.05. The average Bonchev–Trinajstić information content (AvgIpc) is 3.12. The van der Waals surface area contributed by atoms with E-state index in [2.05, 4.69) is 5.32 Å². The maximum atomic E-state index is 13.2. The second-order valence-corrected chi connectivity index (χ2v) is 8.22. The normalized spacial score (nSPS) is 13.8. The lowest BCUT2D eigenvalue weighted by Gasteiger charge is -2.30. The number of nitrogens with one attached hydrogen (secondary N) is 1. The lowest BCUT2D eigenvalue weighted by atomic mass is 10.1. The lowest BCUT2D eigenvalue weighted by Crippen LogP contribution is -2.49. The van der Waals surface area contributed by atoms with Crippen molar-refractivity contribution in [2.75, 3.05) is 17.4 Å². The Morgan fingerprint density at radius 3 is 2.50 bits per heavy atom. The Morgan fingerprint density at radius 1 is 1.18 bits per heavy atom. The molecule has 0 aliphatic carbocycles. The number of ether oxygens (including phenoxy) is 2. The summed E-state index contributed by atoms with van der Waals surface area (Å²) >= 11 is 0. The summed E-state index contributed by atoms with van der Waals surface area (Å²) in [5.41, 5.74) is 1.02. The number of fused-ring (bicyclic) bond motifs is 1. The largest absolute Gasteiger partial charge is 0.454 e. The van der Waals surface area contributed by atoms with Crippen LogP contribution in [0.25, 0.3) is 0 Å². The van der Waals surface area contributed by atoms with Crippen molar-refractivity contribution in [3.05, 3.63) is 53.8 Å². The molecule has 1 aliphatic heterocycles. The summed E-state index contributed by atoms with van der Waals surface area (Å²) in [6.07, 6.45) is 1.27. The van der Waals surface area contributed by atoms with Crippen molar-refractivity contribution in [1.82, 2.24) is 5.32 Å². The molecule has 0 saturated carbocycles. The maximum absolute atomic E-state index is 13.2. The molecule has 150 valence electrons. The lowest BCUT2D eigenvalue weighted by molar-refractivity contribution is -0.122. The smallest absolute Gasteiger partial charge is 0.244 e. The molecule has 3 rings (SSSR count). The van der Waals surface area contributed by atoms with E-state index in [9.17, 15) is 17.6 Å². The van der Waals surface area contributed by atoms with Crippen LogP contribution in [-0.4, -0.2) is 33.4 Å². The van der Waals surface area contributed by atoms with E-state index >= 15 is 0 Å². The van der Waals surface area contributed by atoms with Crippen LogP contribution in [0.15, 0.2) is 42.5 Å². The summed E-state index contributed by atoms with van der Waals surface area (Å²) in [4.78, 5) is 12.8. The molecule has 7 nitrogen and oxygen atoms in total. The highest BCUT2D eigenvalue weighted by Gasteiger charge is 2.31. The fourth-order valence-corrected chi connectivity index (χ4v) is 4.22. The van der Waals surface area contributed by atoms with Crippen LogP contribution in [0.1, 0.15) is 18.9 Å². The standard InChI is InChI=1S/C19H21FN2O5S/c1-3-16(22(28(2,24)25)15-7-5-14(20)6-8-15)19(23)21-11-13-4-9-17-18(10-13)27-12-26-17/h4-10,16H,3,11-12H2,1-2H3,(H,21,23). The minimum absolute atomic E-state index is 0.157. The summed E-state index contributed by atoms with van der Waals surface area (Å²) in [6, 6.07) is 9.34. The van der Waals surface area contributed by atoms with Crippen LogP contribution < -0.4 is 19.1 Å². The summed E-state index contributed by atoms with van der Waals surface area (Å²) in [5.74, 6) is 0.302. The van der Waals surface area contributed by atoms with Gasteiger partial charge in [0, 0.05) is 6.54 Å². The van der Waals surface area contributed by atoms with Gasteiger partial charge in [-0.1, -0.05) is 13.0 Å². The van der Waals surface area contributed by atoms with Crippen molar-refractivity contribution in [2.45, 2.75) is 25.9 Å². The summed E-state index contributed by atoms with van der Waals surface area (Å²) in [5, 5.41) is 2.76. The Bertz CT molecular complexity index is 963. The van der Waals surface area contributed by atoms with Crippen LogP contribution in [0.2, 0.25) is 0 Å². The van der Waals surface area contributed by atoms with Crippen LogP contribution in [0, 0.1) is 5.82 Å². The van der Waals surface area contributed by atoms with Gasteiger partial charge in [-0.2, -0.15) is 0 Å². The SMILES string of the molecule is CCC(C(=O)NCc1ccc2c(c1)OCO2)N(c1ccc(F)cc1)S(C)(=O)=O. The van der Waals surface area contributed by atoms with E-state index in [1.54, 1.807) is 25.1 Å². The van der Waals surface area contributed by atoms with E-state index in [0.29, 0.717) is 11.5 Å². The van der Waals surface area contributed by atoms with Gasteiger partial charge in [0.1, 0.15) is 11.9 Å². The molecule has 0 spiro atoms. The monoisotopic (exact) mass is 408 g/mol. The molecule has 1 heterocycles. The van der Waals surface area contributed by atoms with Gasteiger partial charge in [-0.25, -0.2) is 12.8 Å². The highest BCUT2D eigenvalue weighted by molar-refractivity contribution is 7.92. The Labute approximate surface area is 163 Å². The van der Waals surface area contributed by atoms with E-state index in [0.717, 1.165) is 28.3 Å². The van der Waals surface area contributed by atoms with Crippen LogP contribution in [-0.2, 0) is 21.4 Å². The van der Waals surface area contributed by atoms with Gasteiger partial charge in [-0.3, -0.25) is 9.10 Å². The van der Waals surface area contributed by atoms with Gasteiger partial charge in [0.05, 0.1) is 11.9 Å². The van der Waals surface area contributed by atoms with E-state index in [1.165, 1.54) is 12.1 Å². The number of benzene rings is 2. The topological polar surface area (TPSA) is 84.9 Å². The Hall–Kier alpha value is -2.81. The highest BCUT2D eigenvalue weighted by Crippen LogP contribution is 2.32. The number of anilines is 1. The molecule has 0 bridgehead atoms. The number of nitrogens with zero attached hydrogens (tertiary/aromatic N) is 1. The molecule has 9 heteroatoms. The molecule has 1 N–H and O–H groups in total. The average molecular weight is 408 g/mol. The van der Waals surface area contributed by atoms with Crippen LogP contribution >= 0.6 is 0 Å². The second-order valence-electron chi connectivity index (χ2n) is 6.36. The first-order valence-electron chi connectivity index (χ1n) is 8.71. The molecule has 0 fully saturated rings. The minimum Gasteiger partial charge on any atom is -0.454 e. The summed E-state index contributed by atoms with van der Waals surface area (Å²) in [6.45, 7) is 2.07. The Morgan fingerprint density at radius 2 is 1.86 bits per heavy atom. The third kappa shape index (κ3) is 4.36. The number of carbonyl (C=O) groups excluding carboxylic acids is 1. The number of rotatable bonds is 7. The minimum atomic E-state index is -3.76. The van der Waals surface area contributed by atoms with Crippen molar-refractivity contribution in [2.24, 2.45) is 0 Å². The van der Waals surface area contributed by atoms with E-state index < -0.39 is 27.8 Å². The van der Waals surface area contributed by atoms with Gasteiger partial charge in [-0.15, -0.1) is 0 Å². The van der Waals surface area contributed by atoms with Crippen molar-refractivity contribution in [3.63, 3.8) is 0 Å². The molecule has 1 aliphatic rings. The third-order valence-electron chi connectivity index (χ3n) is 4.31. The number of hydrogen-bond donors (Lipinski definition) is 1. The number of hydrogen-bond acceptors (Lipinski definition) is 5. The maximum Gasteiger partial charge on any atom is 0.244 e. The Balaban J connectivity index is 1.77. The van der Waals surface area contributed by atoms with Gasteiger partial charge >= 0.3 is 0 Å². The number of sulfonamides is 1. The van der Waals surface area contributed by atoms with Gasteiger partial charge < -0.3 is 14.8 Å². The van der Waals surface area contributed by atoms with Crippen molar-refractivity contribution < 1.29 is 27.1 Å². The van der Waals surface area contributed by atoms with Crippen molar-refractivity contribution >= 4 is 21.6 Å². The summed E-state index contributed by atoms with van der Waals surface area (Å²) in [7, 11) is -3.76. The molecule has 0 radical (unpaired) electrons. The van der Waals surface area contributed by atoms with Crippen molar-refractivity contribution in [1.29, 1.82) is 0 Å². The molecule has 2 aromatic rings. The molecule has 1 atom stereocenters. The quantitative estimate of drug-likeness (QED) is 0.761. The molecular weight excluding hydrogens is 387 g/mol. The van der Waals surface area contributed by atoms with Crippen LogP contribution in [0.5, 0.6) is 11.5 Å². The third-order valence-corrected chi connectivity index (χ3v) is 5.49. The van der Waals surface area contributed by atoms with Gasteiger partial charge in [0.2, 0.25) is 22.7 Å². The predicted octanol–water partition coefficient (Wildman–Crippen LogP) is 2.42. The molecule has 0 aromatic heterocycles. The predicted molar refractivity (Wildman–Crippen MR) is 102 cm³/mol. The zero-order valence-electron chi connectivity index (χ0n) is 15.5. The molecular formula is C19H21FN2O5S. The molecule has 2 aromatic carbocycles. The van der Waals surface area contributed by atoms with Gasteiger partial charge in [0.15, 0.2) is 11.5 Å². The first kappa shape index (κ1) is 19.9. The highest BCUT2D eigenvalue weighted by atomic mass is 32.2. The molecule has 1 unspecified atom stereocenters. The zero-order valence-corrected chi connectivity index (χ0v) is 16.3. The van der Waals surface area contributed by atoms with E-state index in [-0.39, 0.29) is 25.4 Å². The molecule has 1 amide bonds. The van der Waals surface area contributed by atoms with Gasteiger partial charge in [-0.05, 0) is 48.4 Å². The fourth-order valence-electron chi connectivity index (χ4n) is 3.01. The first-order chi connectivity index (χ1) is 13.3. The van der Waals surface area contributed by atoms with E-state index in [1.807, 2.05) is 0 Å². The molecule has 0 saturated heterocycles. The van der Waals surface area contributed by atoms with Crippen LogP contribution in [0.3, 0.4) is 0 Å². The van der Waals surface area contributed by atoms with Gasteiger partial charge in [0.25, 0.3) is 0 Å². The van der Waals surface area contributed by atoms with E-state index in [4.69, 9.17) is 9.47 Å². The number of halogens is 1. The fraction of sp³-hybridized carbons (Fsp3) is 0.316. The number of carbonyl (C=O) groups is 1. The summed E-state index contributed by atoms with van der Waals surface area (Å²) < 4.78 is 49.5. The Kier molecular flexibility index (Phi) is 5.73. The van der Waals surface area contributed by atoms with Crippen molar-refractivity contribution in [3.8, 4) is 11.5 Å². The number of amides is 1.